The van der Waals surface area contributed by atoms with Gasteiger partial charge in [-0.25, -0.2) is 9.37 Å². The molecule has 0 saturated heterocycles. The second kappa shape index (κ2) is 3.66. The fourth-order valence-electron chi connectivity index (χ4n) is 1.22. The van der Waals surface area contributed by atoms with E-state index in [4.69, 9.17) is 10.5 Å². The Balaban J connectivity index is 2.51. The first-order valence-corrected chi connectivity index (χ1v) is 5.40. The van der Waals surface area contributed by atoms with Crippen LogP contribution in [0.4, 0.5) is 10.1 Å². The summed E-state index contributed by atoms with van der Waals surface area (Å²) in [6, 6.07) is 2.92. The topological polar surface area (TPSA) is 48.1 Å². The maximum absolute atomic E-state index is 13.1. The molecular weight excluding hydrogens is 215 g/mol. The third kappa shape index (κ3) is 1.87. The van der Waals surface area contributed by atoms with Gasteiger partial charge < -0.3 is 10.5 Å². The summed E-state index contributed by atoms with van der Waals surface area (Å²) in [5.74, 6) is -0.415. The number of ether oxygens (including phenoxy) is 1. The van der Waals surface area contributed by atoms with Crippen molar-refractivity contribution in [1.82, 2.24) is 4.98 Å². The molecule has 0 atom stereocenters. The van der Waals surface area contributed by atoms with Crippen molar-refractivity contribution in [3.8, 4) is 5.19 Å². The molecule has 3 nitrogen and oxygen atoms in total. The molecule has 0 fully saturated rings. The van der Waals surface area contributed by atoms with E-state index in [1.165, 1.54) is 17.4 Å². The van der Waals surface area contributed by atoms with Crippen molar-refractivity contribution in [2.75, 3.05) is 5.73 Å². The number of nitrogen functional groups attached to an aromatic ring is 1. The Hall–Kier alpha value is -1.36. The van der Waals surface area contributed by atoms with Gasteiger partial charge in [-0.1, -0.05) is 11.3 Å². The zero-order valence-corrected chi connectivity index (χ0v) is 9.27. The van der Waals surface area contributed by atoms with Crippen molar-refractivity contribution in [3.05, 3.63) is 17.9 Å². The molecule has 15 heavy (non-hydrogen) atoms. The number of nitrogens with two attached hydrogens (primary N) is 1. The third-order valence-electron chi connectivity index (χ3n) is 1.86. The van der Waals surface area contributed by atoms with Crippen LogP contribution in [0.25, 0.3) is 10.2 Å². The van der Waals surface area contributed by atoms with Gasteiger partial charge in [-0.2, -0.15) is 0 Å². The standard InChI is InChI=1S/C10H11FN2OS/c1-5(2)14-10-13-7-4-3-6(11)8(12)9(7)15-10/h3-5H,12H2,1-2H3. The van der Waals surface area contributed by atoms with Crippen LogP contribution in [0.2, 0.25) is 0 Å². The van der Waals surface area contributed by atoms with Crippen LogP contribution in [0, 0.1) is 5.82 Å². The maximum atomic E-state index is 13.1. The molecule has 1 heterocycles. The van der Waals surface area contributed by atoms with Crippen LogP contribution in [-0.4, -0.2) is 11.1 Å². The molecule has 0 radical (unpaired) electrons. The zero-order chi connectivity index (χ0) is 11.0. The van der Waals surface area contributed by atoms with Crippen molar-refractivity contribution in [3.63, 3.8) is 0 Å². The summed E-state index contributed by atoms with van der Waals surface area (Å²) in [5, 5.41) is 0.525. The lowest BCUT2D eigenvalue weighted by Crippen LogP contribution is -2.04. The molecule has 0 saturated carbocycles. The number of hydrogen-bond donors (Lipinski definition) is 1. The number of hydrogen-bond acceptors (Lipinski definition) is 4. The van der Waals surface area contributed by atoms with E-state index in [1.54, 1.807) is 6.07 Å². The second-order valence-corrected chi connectivity index (χ2v) is 4.42. The fourth-order valence-corrected chi connectivity index (χ4v) is 2.20. The summed E-state index contributed by atoms with van der Waals surface area (Å²) >= 11 is 1.27. The Morgan fingerprint density at radius 1 is 1.47 bits per heavy atom. The molecule has 0 aliphatic heterocycles. The van der Waals surface area contributed by atoms with Gasteiger partial charge >= 0.3 is 0 Å². The molecule has 2 rings (SSSR count). The van der Waals surface area contributed by atoms with Crippen LogP contribution >= 0.6 is 11.3 Å². The predicted molar refractivity (Wildman–Crippen MR) is 59.8 cm³/mol. The smallest absolute Gasteiger partial charge is 0.274 e. The molecule has 0 unspecified atom stereocenters. The molecule has 0 aliphatic carbocycles. The van der Waals surface area contributed by atoms with Crippen LogP contribution in [0.15, 0.2) is 12.1 Å². The summed E-state index contributed by atoms with van der Waals surface area (Å²) < 4.78 is 19.2. The molecule has 0 aliphatic rings. The highest BCUT2D eigenvalue weighted by Gasteiger charge is 2.11. The Morgan fingerprint density at radius 3 is 2.87 bits per heavy atom. The molecule has 2 aromatic rings. The summed E-state index contributed by atoms with van der Waals surface area (Å²) in [4.78, 5) is 4.20. The van der Waals surface area contributed by atoms with Gasteiger partial charge in [-0.05, 0) is 26.0 Å². The monoisotopic (exact) mass is 226 g/mol. The van der Waals surface area contributed by atoms with Gasteiger partial charge in [0.25, 0.3) is 5.19 Å². The lowest BCUT2D eigenvalue weighted by molar-refractivity contribution is 0.242. The molecule has 0 amide bonds. The van der Waals surface area contributed by atoms with Gasteiger partial charge in [0.05, 0.1) is 22.0 Å². The number of aromatic nitrogens is 1. The summed E-state index contributed by atoms with van der Waals surface area (Å²) in [7, 11) is 0. The molecule has 0 spiro atoms. The first-order valence-electron chi connectivity index (χ1n) is 4.59. The van der Waals surface area contributed by atoms with E-state index in [2.05, 4.69) is 4.98 Å². The van der Waals surface area contributed by atoms with E-state index in [0.29, 0.717) is 15.4 Å². The molecule has 1 aromatic heterocycles. The molecule has 0 bridgehead atoms. The Kier molecular flexibility index (Phi) is 2.48. The lowest BCUT2D eigenvalue weighted by atomic mass is 10.3. The first kappa shape index (κ1) is 10.2. The van der Waals surface area contributed by atoms with Crippen molar-refractivity contribution >= 4 is 27.2 Å². The van der Waals surface area contributed by atoms with Crippen molar-refractivity contribution < 1.29 is 9.13 Å². The highest BCUT2D eigenvalue weighted by molar-refractivity contribution is 7.20. The van der Waals surface area contributed by atoms with Gasteiger partial charge in [-0.15, -0.1) is 0 Å². The number of benzene rings is 1. The third-order valence-corrected chi connectivity index (χ3v) is 2.86. The van der Waals surface area contributed by atoms with E-state index in [-0.39, 0.29) is 11.8 Å². The molecular formula is C10H11FN2OS. The largest absolute Gasteiger partial charge is 0.467 e. The summed E-state index contributed by atoms with van der Waals surface area (Å²) in [6.45, 7) is 3.83. The SMILES string of the molecule is CC(C)Oc1nc2ccc(F)c(N)c2s1. The van der Waals surface area contributed by atoms with Crippen LogP contribution in [0.1, 0.15) is 13.8 Å². The van der Waals surface area contributed by atoms with E-state index in [1.807, 2.05) is 13.8 Å². The van der Waals surface area contributed by atoms with Crippen molar-refractivity contribution in [2.24, 2.45) is 0 Å². The number of nitrogens with zero attached hydrogens (tertiary/aromatic N) is 1. The van der Waals surface area contributed by atoms with Crippen LogP contribution < -0.4 is 10.5 Å². The normalized spacial score (nSPS) is 11.2. The Morgan fingerprint density at radius 2 is 2.20 bits per heavy atom. The average Bonchev–Trinajstić information content (AvgIpc) is 2.54. The minimum Gasteiger partial charge on any atom is -0.467 e. The zero-order valence-electron chi connectivity index (χ0n) is 8.45. The number of thiazole rings is 1. The van der Waals surface area contributed by atoms with Gasteiger partial charge in [-0.3, -0.25) is 0 Å². The molecule has 2 N–H and O–H groups in total. The van der Waals surface area contributed by atoms with Gasteiger partial charge in [0.15, 0.2) is 0 Å². The quantitative estimate of drug-likeness (QED) is 0.801. The van der Waals surface area contributed by atoms with E-state index < -0.39 is 5.82 Å². The highest BCUT2D eigenvalue weighted by atomic mass is 32.1. The predicted octanol–water partition coefficient (Wildman–Crippen LogP) is 2.80. The maximum Gasteiger partial charge on any atom is 0.274 e. The minimum absolute atomic E-state index is 0.0524. The van der Waals surface area contributed by atoms with Gasteiger partial charge in [0, 0.05) is 0 Å². The first-order chi connectivity index (χ1) is 7.08. The molecule has 5 heteroatoms. The highest BCUT2D eigenvalue weighted by Crippen LogP contribution is 2.33. The Bertz CT molecular complexity index is 495. The fraction of sp³-hybridized carbons (Fsp3) is 0.300. The summed E-state index contributed by atoms with van der Waals surface area (Å²) in [6.07, 6.45) is 0.0524. The second-order valence-electron chi connectivity index (χ2n) is 3.46. The van der Waals surface area contributed by atoms with Gasteiger partial charge in [0.1, 0.15) is 5.82 Å². The van der Waals surface area contributed by atoms with Crippen LogP contribution in [0.3, 0.4) is 0 Å². The molecule has 80 valence electrons. The van der Waals surface area contributed by atoms with E-state index in [0.717, 1.165) is 0 Å². The average molecular weight is 226 g/mol. The van der Waals surface area contributed by atoms with E-state index >= 15 is 0 Å². The number of fused-ring (bicyclic) bond motifs is 1. The van der Waals surface area contributed by atoms with E-state index in [9.17, 15) is 4.39 Å². The van der Waals surface area contributed by atoms with Gasteiger partial charge in [0.2, 0.25) is 0 Å². The van der Waals surface area contributed by atoms with Crippen molar-refractivity contribution in [1.29, 1.82) is 0 Å². The summed E-state index contributed by atoms with van der Waals surface area (Å²) in [5.41, 5.74) is 6.42. The number of halogens is 1. The number of anilines is 1. The van der Waals surface area contributed by atoms with Crippen LogP contribution in [-0.2, 0) is 0 Å². The number of rotatable bonds is 2. The Labute approximate surface area is 90.7 Å². The molecule has 1 aromatic carbocycles. The van der Waals surface area contributed by atoms with Crippen molar-refractivity contribution in [2.45, 2.75) is 20.0 Å². The van der Waals surface area contributed by atoms with Crippen LogP contribution in [0.5, 0.6) is 5.19 Å². The lowest BCUT2D eigenvalue weighted by Gasteiger charge is -2.03. The minimum atomic E-state index is -0.415.